The molecule has 10 aromatic rings. The van der Waals surface area contributed by atoms with Crippen LogP contribution in [0.5, 0.6) is 23.0 Å². The molecule has 0 radical (unpaired) electrons. The summed E-state index contributed by atoms with van der Waals surface area (Å²) in [6, 6.07) is 86.2. The second-order valence-corrected chi connectivity index (χ2v) is 17.4. The van der Waals surface area contributed by atoms with E-state index in [0.29, 0.717) is 0 Å². The van der Waals surface area contributed by atoms with E-state index in [9.17, 15) is 0 Å². The zero-order chi connectivity index (χ0) is 42.7. The summed E-state index contributed by atoms with van der Waals surface area (Å²) >= 11 is 0. The van der Waals surface area contributed by atoms with Gasteiger partial charge in [-0.2, -0.15) is 0 Å². The molecule has 0 atom stereocenters. The molecule has 0 fully saturated rings. The molecule has 65 heavy (non-hydrogen) atoms. The molecule has 304 valence electrons. The first-order valence-electron chi connectivity index (χ1n) is 22.4. The number of benzene rings is 10. The van der Waals surface area contributed by atoms with Crippen molar-refractivity contribution in [2.75, 3.05) is 4.90 Å². The predicted octanol–water partition coefficient (Wildman–Crippen LogP) is 15.8. The van der Waals surface area contributed by atoms with Gasteiger partial charge in [0.1, 0.15) is 23.0 Å². The maximum atomic E-state index is 6.82. The van der Waals surface area contributed by atoms with Crippen molar-refractivity contribution < 1.29 is 9.47 Å². The number of rotatable bonds is 4. The highest BCUT2D eigenvalue weighted by atomic mass is 16.5. The average Bonchev–Trinajstić information content (AvgIpc) is 3.84. The molecule has 0 amide bonds. The molecular formula is C62H39NO2. The van der Waals surface area contributed by atoms with Crippen LogP contribution in [0.15, 0.2) is 237 Å². The van der Waals surface area contributed by atoms with E-state index in [-0.39, 0.29) is 0 Å². The fourth-order valence-corrected chi connectivity index (χ4v) is 12.0. The lowest BCUT2D eigenvalue weighted by Crippen LogP contribution is -2.33. The Kier molecular flexibility index (Phi) is 7.53. The van der Waals surface area contributed by atoms with Crippen LogP contribution in [0, 0.1) is 0 Å². The van der Waals surface area contributed by atoms with Crippen LogP contribution in [0.25, 0.3) is 33.4 Å². The summed E-state index contributed by atoms with van der Waals surface area (Å²) in [5.41, 5.74) is 18.7. The number of para-hydroxylation sites is 4. The molecule has 3 heteroatoms. The highest BCUT2D eigenvalue weighted by molar-refractivity contribution is 6.01. The van der Waals surface area contributed by atoms with E-state index in [1.54, 1.807) is 0 Å². The van der Waals surface area contributed by atoms with E-state index in [2.05, 4.69) is 241 Å². The summed E-state index contributed by atoms with van der Waals surface area (Å²) in [7, 11) is 0. The van der Waals surface area contributed by atoms with Gasteiger partial charge in [0.05, 0.1) is 22.2 Å². The number of nitrogens with zero attached hydrogens (tertiary/aromatic N) is 1. The van der Waals surface area contributed by atoms with E-state index in [1.807, 2.05) is 0 Å². The minimum atomic E-state index is -0.689. The predicted molar refractivity (Wildman–Crippen MR) is 261 cm³/mol. The van der Waals surface area contributed by atoms with E-state index >= 15 is 0 Å². The Morgan fingerprint density at radius 3 is 1.29 bits per heavy atom. The average molecular weight is 830 g/mol. The molecule has 0 saturated heterocycles. The molecule has 3 nitrogen and oxygen atoms in total. The maximum Gasteiger partial charge on any atom is 0.132 e. The van der Waals surface area contributed by atoms with Gasteiger partial charge in [-0.05, 0) is 93.0 Å². The summed E-state index contributed by atoms with van der Waals surface area (Å²) in [5.74, 6) is 3.50. The Morgan fingerprint density at radius 2 is 0.692 bits per heavy atom. The van der Waals surface area contributed by atoms with Crippen LogP contribution in [-0.4, -0.2) is 0 Å². The molecular weight excluding hydrogens is 791 g/mol. The van der Waals surface area contributed by atoms with Crippen molar-refractivity contribution in [3.8, 4) is 56.4 Å². The lowest BCUT2D eigenvalue weighted by Gasteiger charge is -2.42. The van der Waals surface area contributed by atoms with Gasteiger partial charge in [-0.15, -0.1) is 0 Å². The van der Waals surface area contributed by atoms with Gasteiger partial charge in [-0.1, -0.05) is 188 Å². The summed E-state index contributed by atoms with van der Waals surface area (Å²) in [4.78, 5) is 2.55. The van der Waals surface area contributed by atoms with Crippen molar-refractivity contribution in [1.29, 1.82) is 0 Å². The third-order valence-electron chi connectivity index (χ3n) is 14.4. The highest BCUT2D eigenvalue weighted by Gasteiger charge is 2.55. The number of hydrogen-bond donors (Lipinski definition) is 0. The molecule has 14 rings (SSSR count). The standard InChI is InChI=1S/C62H39NO2/c1-2-18-40(19-3-1)41-36-38-42(39-37-41)63(53-30-17-29-52-59(53)45-21-5-7-24-47(45)61(52)48-25-8-12-32-55(48)64-56-33-13-9-26-49(56)61)54-31-16-22-44-43-20-4-6-23-46(43)62(60(44)54)50-27-10-14-34-57(50)65-58-35-15-11-28-51(58)62/h1-39H. The zero-order valence-electron chi connectivity index (χ0n) is 35.3. The van der Waals surface area contributed by atoms with Crippen molar-refractivity contribution >= 4 is 17.1 Å². The van der Waals surface area contributed by atoms with Gasteiger partial charge in [0, 0.05) is 39.1 Å². The third-order valence-corrected chi connectivity index (χ3v) is 14.4. The van der Waals surface area contributed by atoms with Crippen LogP contribution in [-0.2, 0) is 10.8 Å². The molecule has 0 aromatic heterocycles. The fourth-order valence-electron chi connectivity index (χ4n) is 12.0. The van der Waals surface area contributed by atoms with Crippen molar-refractivity contribution in [2.45, 2.75) is 10.8 Å². The molecule has 0 saturated carbocycles. The van der Waals surface area contributed by atoms with E-state index in [1.165, 1.54) is 55.6 Å². The minimum absolute atomic E-state index is 0.620. The first kappa shape index (κ1) is 36.1. The monoisotopic (exact) mass is 829 g/mol. The van der Waals surface area contributed by atoms with Crippen molar-refractivity contribution in [3.63, 3.8) is 0 Å². The Morgan fingerprint density at radius 1 is 0.277 bits per heavy atom. The minimum Gasteiger partial charge on any atom is -0.457 e. The summed E-state index contributed by atoms with van der Waals surface area (Å²) in [6.07, 6.45) is 0. The molecule has 10 aromatic carbocycles. The van der Waals surface area contributed by atoms with Gasteiger partial charge in [-0.3, -0.25) is 0 Å². The molecule has 2 heterocycles. The lowest BCUT2D eigenvalue weighted by atomic mass is 9.65. The Labute approximate surface area is 378 Å². The molecule has 2 spiro atoms. The van der Waals surface area contributed by atoms with Crippen LogP contribution >= 0.6 is 0 Å². The quantitative estimate of drug-likeness (QED) is 0.176. The van der Waals surface area contributed by atoms with Crippen molar-refractivity contribution in [2.24, 2.45) is 0 Å². The molecule has 2 aliphatic carbocycles. The van der Waals surface area contributed by atoms with Gasteiger partial charge in [-0.25, -0.2) is 0 Å². The summed E-state index contributed by atoms with van der Waals surface area (Å²) in [6.45, 7) is 0. The Balaban J connectivity index is 1.11. The maximum absolute atomic E-state index is 6.82. The van der Waals surface area contributed by atoms with Gasteiger partial charge in [0.15, 0.2) is 0 Å². The first-order valence-corrected chi connectivity index (χ1v) is 22.4. The first-order chi connectivity index (χ1) is 32.3. The smallest absolute Gasteiger partial charge is 0.132 e. The van der Waals surface area contributed by atoms with Crippen LogP contribution in [0.4, 0.5) is 17.1 Å². The number of ether oxygens (including phenoxy) is 2. The summed E-state index contributed by atoms with van der Waals surface area (Å²) in [5, 5.41) is 0. The molecule has 2 aliphatic heterocycles. The van der Waals surface area contributed by atoms with E-state index in [0.717, 1.165) is 62.3 Å². The lowest BCUT2D eigenvalue weighted by molar-refractivity contribution is 0.436. The molecule has 0 bridgehead atoms. The van der Waals surface area contributed by atoms with Gasteiger partial charge in [0.2, 0.25) is 0 Å². The Hall–Kier alpha value is -8.40. The van der Waals surface area contributed by atoms with Crippen LogP contribution in [0.1, 0.15) is 44.5 Å². The molecule has 0 N–H and O–H groups in total. The van der Waals surface area contributed by atoms with Gasteiger partial charge in [0.25, 0.3) is 0 Å². The van der Waals surface area contributed by atoms with E-state index in [4.69, 9.17) is 9.47 Å². The number of anilines is 3. The second kappa shape index (κ2) is 13.6. The van der Waals surface area contributed by atoms with Gasteiger partial charge < -0.3 is 14.4 Å². The SMILES string of the molecule is c1ccc(-c2ccc(N(c3cccc4c3-c3ccccc3C43c4ccccc4Oc4ccccc43)c3cccc4c3C3(c5ccccc5Oc5ccccc53)c3ccccc3-4)cc2)cc1. The van der Waals surface area contributed by atoms with Gasteiger partial charge >= 0.3 is 0 Å². The Bertz CT molecular complexity index is 3480. The normalized spacial score (nSPS) is 14.3. The highest BCUT2D eigenvalue weighted by Crippen LogP contribution is 2.67. The van der Waals surface area contributed by atoms with Crippen LogP contribution in [0.2, 0.25) is 0 Å². The zero-order valence-corrected chi connectivity index (χ0v) is 35.3. The summed E-state index contributed by atoms with van der Waals surface area (Å²) < 4.78 is 13.6. The number of hydrogen-bond acceptors (Lipinski definition) is 3. The van der Waals surface area contributed by atoms with Crippen molar-refractivity contribution in [1.82, 2.24) is 0 Å². The topological polar surface area (TPSA) is 21.7 Å². The second-order valence-electron chi connectivity index (χ2n) is 17.4. The van der Waals surface area contributed by atoms with Crippen LogP contribution in [0.3, 0.4) is 0 Å². The molecule has 0 unspecified atom stereocenters. The number of fused-ring (bicyclic) bond motifs is 18. The van der Waals surface area contributed by atoms with Crippen molar-refractivity contribution in [3.05, 3.63) is 281 Å². The van der Waals surface area contributed by atoms with Crippen LogP contribution < -0.4 is 14.4 Å². The molecule has 4 aliphatic rings. The largest absolute Gasteiger partial charge is 0.457 e. The van der Waals surface area contributed by atoms with E-state index < -0.39 is 10.8 Å². The third kappa shape index (κ3) is 4.74. The fraction of sp³-hybridized carbons (Fsp3) is 0.0323.